The fourth-order valence-electron chi connectivity index (χ4n) is 2.51. The highest BCUT2D eigenvalue weighted by Crippen LogP contribution is 2.37. The highest BCUT2D eigenvalue weighted by molar-refractivity contribution is 5.91. The molecule has 1 aromatic carbocycles. The van der Waals surface area contributed by atoms with Crippen LogP contribution in [0.4, 0.5) is 0 Å². The molecule has 1 saturated carbocycles. The molecular formula is C17H17N3O2. The minimum Gasteiger partial charge on any atom is -0.497 e. The molecule has 1 N–H and O–H groups in total. The Kier molecular flexibility index (Phi) is 3.18. The van der Waals surface area contributed by atoms with Gasteiger partial charge in [0.15, 0.2) is 0 Å². The van der Waals surface area contributed by atoms with E-state index in [1.807, 2.05) is 30.5 Å². The van der Waals surface area contributed by atoms with Gasteiger partial charge in [-0.15, -0.1) is 0 Å². The van der Waals surface area contributed by atoms with Gasteiger partial charge in [-0.25, -0.2) is 9.97 Å². The molecule has 5 nitrogen and oxygen atoms in total. The molecule has 0 radical (unpaired) electrons. The number of H-pyrrole nitrogens is 1. The number of hydrogen-bond acceptors (Lipinski definition) is 4. The first kappa shape index (κ1) is 13.1. The molecular weight excluding hydrogens is 278 g/mol. The number of aromatic amines is 1. The molecule has 112 valence electrons. The van der Waals surface area contributed by atoms with Gasteiger partial charge in [0.2, 0.25) is 0 Å². The fraction of sp³-hybridized carbons (Fsp3) is 0.294. The summed E-state index contributed by atoms with van der Waals surface area (Å²) in [5.74, 6) is 2.28. The highest BCUT2D eigenvalue weighted by atomic mass is 16.5. The summed E-state index contributed by atoms with van der Waals surface area (Å²) in [6.45, 7) is 0.749. The Bertz CT molecular complexity index is 809. The summed E-state index contributed by atoms with van der Waals surface area (Å²) < 4.78 is 11.3. The van der Waals surface area contributed by atoms with Gasteiger partial charge < -0.3 is 14.5 Å². The number of nitrogens with zero attached hydrogens (tertiary/aromatic N) is 2. The molecule has 3 aromatic rings. The Labute approximate surface area is 128 Å². The van der Waals surface area contributed by atoms with Crippen molar-refractivity contribution < 1.29 is 9.47 Å². The Morgan fingerprint density at radius 3 is 2.95 bits per heavy atom. The van der Waals surface area contributed by atoms with Gasteiger partial charge in [-0.2, -0.15) is 0 Å². The number of rotatable bonds is 5. The van der Waals surface area contributed by atoms with Gasteiger partial charge in [0.05, 0.1) is 24.8 Å². The van der Waals surface area contributed by atoms with Crippen LogP contribution < -0.4 is 9.47 Å². The lowest BCUT2D eigenvalue weighted by Crippen LogP contribution is -2.01. The summed E-state index contributed by atoms with van der Waals surface area (Å²) in [5.41, 5.74) is 3.62. The molecule has 0 unspecified atom stereocenters. The molecule has 0 saturated heterocycles. The van der Waals surface area contributed by atoms with Crippen LogP contribution in [0.2, 0.25) is 0 Å². The summed E-state index contributed by atoms with van der Waals surface area (Å²) in [6, 6.07) is 7.78. The van der Waals surface area contributed by atoms with Gasteiger partial charge in [-0.3, -0.25) is 0 Å². The molecule has 4 rings (SSSR count). The summed E-state index contributed by atoms with van der Waals surface area (Å²) in [5, 5.41) is 0. The Morgan fingerprint density at radius 1 is 1.23 bits per heavy atom. The maximum absolute atomic E-state index is 6.03. The van der Waals surface area contributed by atoms with Crippen molar-refractivity contribution in [1.82, 2.24) is 15.0 Å². The van der Waals surface area contributed by atoms with Gasteiger partial charge in [0, 0.05) is 17.8 Å². The lowest BCUT2D eigenvalue weighted by Gasteiger charge is -2.13. The largest absolute Gasteiger partial charge is 0.497 e. The molecule has 0 amide bonds. The first-order valence-corrected chi connectivity index (χ1v) is 7.44. The van der Waals surface area contributed by atoms with E-state index in [0.29, 0.717) is 5.92 Å². The Morgan fingerprint density at radius 2 is 2.14 bits per heavy atom. The molecule has 0 aliphatic heterocycles. The summed E-state index contributed by atoms with van der Waals surface area (Å²) in [4.78, 5) is 11.9. The summed E-state index contributed by atoms with van der Waals surface area (Å²) in [6.07, 6.45) is 5.97. The molecule has 2 heterocycles. The SMILES string of the molecule is COc1ccc(-c2ncnc3cc[nH]c23)c(OCC2CC2)c1. The monoisotopic (exact) mass is 295 g/mol. The van der Waals surface area contributed by atoms with Crippen LogP contribution in [0, 0.1) is 5.92 Å². The van der Waals surface area contributed by atoms with E-state index in [4.69, 9.17) is 9.47 Å². The zero-order valence-electron chi connectivity index (χ0n) is 12.4. The van der Waals surface area contributed by atoms with Gasteiger partial charge in [-0.05, 0) is 37.0 Å². The number of ether oxygens (including phenoxy) is 2. The van der Waals surface area contributed by atoms with E-state index >= 15 is 0 Å². The van der Waals surface area contributed by atoms with Crippen LogP contribution in [-0.4, -0.2) is 28.7 Å². The quantitative estimate of drug-likeness (QED) is 0.783. The van der Waals surface area contributed by atoms with E-state index in [1.54, 1.807) is 13.4 Å². The maximum Gasteiger partial charge on any atom is 0.132 e. The van der Waals surface area contributed by atoms with E-state index < -0.39 is 0 Å². The molecule has 0 bridgehead atoms. The van der Waals surface area contributed by atoms with Crippen molar-refractivity contribution in [2.24, 2.45) is 5.92 Å². The third-order valence-corrected chi connectivity index (χ3v) is 3.96. The normalized spacial score (nSPS) is 14.2. The zero-order valence-corrected chi connectivity index (χ0v) is 12.4. The van der Waals surface area contributed by atoms with Crippen LogP contribution in [0.15, 0.2) is 36.8 Å². The smallest absolute Gasteiger partial charge is 0.132 e. The van der Waals surface area contributed by atoms with Crippen molar-refractivity contribution in [2.45, 2.75) is 12.8 Å². The lowest BCUT2D eigenvalue weighted by atomic mass is 10.1. The number of hydrogen-bond donors (Lipinski definition) is 1. The molecule has 1 aliphatic carbocycles. The molecule has 22 heavy (non-hydrogen) atoms. The first-order chi connectivity index (χ1) is 10.8. The zero-order chi connectivity index (χ0) is 14.9. The van der Waals surface area contributed by atoms with Crippen LogP contribution in [-0.2, 0) is 0 Å². The number of nitrogens with one attached hydrogen (secondary N) is 1. The Balaban J connectivity index is 1.80. The predicted octanol–water partition coefficient (Wildman–Crippen LogP) is 3.42. The standard InChI is InChI=1S/C17H17N3O2/c1-21-12-4-5-13(15(8-12)22-9-11-2-3-11)16-17-14(6-7-18-17)19-10-20-16/h4-8,10-11,18H,2-3,9H2,1H3. The number of benzene rings is 1. The van der Waals surface area contributed by atoms with Gasteiger partial charge >= 0.3 is 0 Å². The van der Waals surface area contributed by atoms with Crippen LogP contribution in [0.1, 0.15) is 12.8 Å². The third-order valence-electron chi connectivity index (χ3n) is 3.96. The van der Waals surface area contributed by atoms with Crippen LogP contribution in [0.3, 0.4) is 0 Å². The van der Waals surface area contributed by atoms with Crippen molar-refractivity contribution in [3.05, 3.63) is 36.8 Å². The predicted molar refractivity (Wildman–Crippen MR) is 84.1 cm³/mol. The lowest BCUT2D eigenvalue weighted by molar-refractivity contribution is 0.299. The maximum atomic E-state index is 6.03. The van der Waals surface area contributed by atoms with E-state index in [-0.39, 0.29) is 0 Å². The molecule has 1 aliphatic rings. The second kappa shape index (κ2) is 5.33. The van der Waals surface area contributed by atoms with E-state index in [9.17, 15) is 0 Å². The second-order valence-corrected chi connectivity index (χ2v) is 5.58. The molecule has 2 aromatic heterocycles. The average Bonchev–Trinajstić information content (AvgIpc) is 3.27. The minimum atomic E-state index is 0.690. The van der Waals surface area contributed by atoms with Gasteiger partial charge in [0.1, 0.15) is 23.5 Å². The van der Waals surface area contributed by atoms with Crippen molar-refractivity contribution in [3.63, 3.8) is 0 Å². The van der Waals surface area contributed by atoms with Crippen LogP contribution in [0.25, 0.3) is 22.3 Å². The van der Waals surface area contributed by atoms with Crippen molar-refractivity contribution in [1.29, 1.82) is 0 Å². The highest BCUT2D eigenvalue weighted by Gasteiger charge is 2.23. The minimum absolute atomic E-state index is 0.690. The van der Waals surface area contributed by atoms with Crippen molar-refractivity contribution >= 4 is 11.0 Å². The fourth-order valence-corrected chi connectivity index (χ4v) is 2.51. The molecule has 0 spiro atoms. The van der Waals surface area contributed by atoms with Gasteiger partial charge in [0.25, 0.3) is 0 Å². The van der Waals surface area contributed by atoms with Gasteiger partial charge in [-0.1, -0.05) is 0 Å². The molecule has 5 heteroatoms. The van der Waals surface area contributed by atoms with E-state index in [0.717, 1.165) is 40.4 Å². The van der Waals surface area contributed by atoms with E-state index in [1.165, 1.54) is 12.8 Å². The number of fused-ring (bicyclic) bond motifs is 1. The molecule has 1 fully saturated rings. The summed E-state index contributed by atoms with van der Waals surface area (Å²) >= 11 is 0. The topological polar surface area (TPSA) is 60.0 Å². The van der Waals surface area contributed by atoms with Crippen molar-refractivity contribution in [2.75, 3.05) is 13.7 Å². The summed E-state index contributed by atoms with van der Waals surface area (Å²) in [7, 11) is 1.66. The molecule has 0 atom stereocenters. The van der Waals surface area contributed by atoms with Crippen LogP contribution >= 0.6 is 0 Å². The Hall–Kier alpha value is -2.56. The second-order valence-electron chi connectivity index (χ2n) is 5.58. The third kappa shape index (κ3) is 2.39. The van der Waals surface area contributed by atoms with Crippen LogP contribution in [0.5, 0.6) is 11.5 Å². The average molecular weight is 295 g/mol. The van der Waals surface area contributed by atoms with E-state index in [2.05, 4.69) is 15.0 Å². The van der Waals surface area contributed by atoms with Crippen molar-refractivity contribution in [3.8, 4) is 22.8 Å². The first-order valence-electron chi connectivity index (χ1n) is 7.44. The number of aromatic nitrogens is 3. The number of methoxy groups -OCH3 is 1.